The average Bonchev–Trinajstić information content (AvgIpc) is 2.88. The highest BCUT2D eigenvalue weighted by atomic mass is 32.2. The molecule has 0 heterocycles. The molecule has 0 saturated heterocycles. The fourth-order valence-corrected chi connectivity index (χ4v) is 3.20. The molecule has 3 N–H and O–H groups in total. The van der Waals surface area contributed by atoms with E-state index in [1.54, 1.807) is 0 Å². The standard InChI is InChI=1S/C13H17FN2O4S/c14-11-7-10(21(15,19)20)5-6-12(11)16(8-13(17)18)9-3-1-2-4-9/h5-7,9H,1-4,8H2,(H,17,18)(H2,15,19,20). The summed E-state index contributed by atoms with van der Waals surface area (Å²) in [5.41, 5.74) is 0.0942. The van der Waals surface area contributed by atoms with Crippen molar-refractivity contribution in [3.05, 3.63) is 24.0 Å². The van der Waals surface area contributed by atoms with Crippen LogP contribution in [0.1, 0.15) is 25.7 Å². The molecule has 21 heavy (non-hydrogen) atoms. The van der Waals surface area contributed by atoms with Gasteiger partial charge >= 0.3 is 5.97 Å². The molecule has 116 valence electrons. The number of nitrogens with zero attached hydrogens (tertiary/aromatic N) is 1. The van der Waals surface area contributed by atoms with Gasteiger partial charge in [-0.15, -0.1) is 0 Å². The number of rotatable bonds is 5. The Kier molecular flexibility index (Phi) is 4.48. The maximum Gasteiger partial charge on any atom is 0.323 e. The normalized spacial score (nSPS) is 16.1. The van der Waals surface area contributed by atoms with E-state index in [1.807, 2.05) is 0 Å². The first-order valence-corrected chi connectivity index (χ1v) is 8.14. The number of hydrogen-bond donors (Lipinski definition) is 2. The van der Waals surface area contributed by atoms with Gasteiger partial charge in [0.2, 0.25) is 10.0 Å². The van der Waals surface area contributed by atoms with Crippen LogP contribution in [0.4, 0.5) is 10.1 Å². The van der Waals surface area contributed by atoms with Gasteiger partial charge in [0.25, 0.3) is 0 Å². The van der Waals surface area contributed by atoms with Crippen LogP contribution in [-0.4, -0.2) is 32.1 Å². The SMILES string of the molecule is NS(=O)(=O)c1ccc(N(CC(=O)O)C2CCCC2)c(F)c1. The summed E-state index contributed by atoms with van der Waals surface area (Å²) in [7, 11) is -3.98. The number of carbonyl (C=O) groups is 1. The van der Waals surface area contributed by atoms with Gasteiger partial charge < -0.3 is 10.0 Å². The molecular weight excluding hydrogens is 299 g/mol. The van der Waals surface area contributed by atoms with Crippen LogP contribution in [0.3, 0.4) is 0 Å². The van der Waals surface area contributed by atoms with E-state index in [0.29, 0.717) is 0 Å². The Balaban J connectivity index is 2.37. The molecule has 1 saturated carbocycles. The lowest BCUT2D eigenvalue weighted by atomic mass is 10.1. The number of hydrogen-bond acceptors (Lipinski definition) is 4. The number of primary sulfonamides is 1. The largest absolute Gasteiger partial charge is 0.480 e. The fourth-order valence-electron chi connectivity index (χ4n) is 2.67. The third-order valence-electron chi connectivity index (χ3n) is 3.63. The summed E-state index contributed by atoms with van der Waals surface area (Å²) in [4.78, 5) is 12.2. The van der Waals surface area contributed by atoms with E-state index in [-0.39, 0.29) is 23.2 Å². The Hall–Kier alpha value is -1.67. The molecule has 0 unspecified atom stereocenters. The van der Waals surface area contributed by atoms with Crippen molar-refractivity contribution in [1.82, 2.24) is 0 Å². The van der Waals surface area contributed by atoms with Crippen LogP contribution in [0.15, 0.2) is 23.1 Å². The average molecular weight is 316 g/mol. The highest BCUT2D eigenvalue weighted by molar-refractivity contribution is 7.89. The molecule has 1 fully saturated rings. The van der Waals surface area contributed by atoms with Crippen molar-refractivity contribution in [1.29, 1.82) is 0 Å². The Bertz CT molecular complexity index is 642. The first-order chi connectivity index (χ1) is 9.79. The van der Waals surface area contributed by atoms with Crippen LogP contribution in [-0.2, 0) is 14.8 Å². The summed E-state index contributed by atoms with van der Waals surface area (Å²) >= 11 is 0. The number of sulfonamides is 1. The van der Waals surface area contributed by atoms with Gasteiger partial charge in [0.15, 0.2) is 0 Å². The molecule has 8 heteroatoms. The monoisotopic (exact) mass is 316 g/mol. The molecule has 0 atom stereocenters. The molecule has 0 radical (unpaired) electrons. The van der Waals surface area contributed by atoms with Gasteiger partial charge in [-0.25, -0.2) is 17.9 Å². The van der Waals surface area contributed by atoms with Crippen molar-refractivity contribution in [2.24, 2.45) is 5.14 Å². The maximum absolute atomic E-state index is 14.2. The number of anilines is 1. The van der Waals surface area contributed by atoms with Crippen molar-refractivity contribution in [3.63, 3.8) is 0 Å². The van der Waals surface area contributed by atoms with Gasteiger partial charge in [-0.2, -0.15) is 0 Å². The minimum absolute atomic E-state index is 0.0454. The number of halogens is 1. The van der Waals surface area contributed by atoms with Crippen LogP contribution in [0.5, 0.6) is 0 Å². The van der Waals surface area contributed by atoms with Crippen LogP contribution in [0, 0.1) is 5.82 Å². The summed E-state index contributed by atoms with van der Waals surface area (Å²) in [6.45, 7) is -0.323. The van der Waals surface area contributed by atoms with Gasteiger partial charge in [-0.3, -0.25) is 4.79 Å². The quantitative estimate of drug-likeness (QED) is 0.853. The van der Waals surface area contributed by atoms with Crippen LogP contribution >= 0.6 is 0 Å². The zero-order valence-corrected chi connectivity index (χ0v) is 12.1. The number of nitrogens with two attached hydrogens (primary N) is 1. The Morgan fingerprint density at radius 2 is 2.00 bits per heavy atom. The summed E-state index contributed by atoms with van der Waals surface area (Å²) in [5, 5.41) is 14.0. The molecule has 0 aliphatic heterocycles. The zero-order valence-electron chi connectivity index (χ0n) is 11.3. The molecule has 1 aliphatic carbocycles. The third kappa shape index (κ3) is 3.70. The molecule has 0 aromatic heterocycles. The molecule has 6 nitrogen and oxygen atoms in total. The summed E-state index contributed by atoms with van der Waals surface area (Å²) in [5.74, 6) is -1.84. The van der Waals surface area contributed by atoms with Gasteiger partial charge in [0.1, 0.15) is 12.4 Å². The second kappa shape index (κ2) is 5.98. The Morgan fingerprint density at radius 3 is 2.48 bits per heavy atom. The minimum Gasteiger partial charge on any atom is -0.480 e. The van der Waals surface area contributed by atoms with E-state index in [9.17, 15) is 17.6 Å². The smallest absolute Gasteiger partial charge is 0.323 e. The predicted octanol–water partition coefficient (Wildman–Crippen LogP) is 1.31. The fraction of sp³-hybridized carbons (Fsp3) is 0.462. The lowest BCUT2D eigenvalue weighted by molar-refractivity contribution is -0.135. The first kappa shape index (κ1) is 15.7. The van der Waals surface area contributed by atoms with E-state index in [1.165, 1.54) is 17.0 Å². The van der Waals surface area contributed by atoms with E-state index in [2.05, 4.69) is 0 Å². The Morgan fingerprint density at radius 1 is 1.38 bits per heavy atom. The molecule has 2 rings (SSSR count). The topological polar surface area (TPSA) is 101 Å². The van der Waals surface area contributed by atoms with Crippen LogP contribution < -0.4 is 10.0 Å². The van der Waals surface area contributed by atoms with Gasteiger partial charge in [0, 0.05) is 6.04 Å². The van der Waals surface area contributed by atoms with E-state index in [0.717, 1.165) is 31.7 Å². The van der Waals surface area contributed by atoms with Crippen molar-refractivity contribution >= 4 is 21.7 Å². The molecule has 1 aromatic carbocycles. The van der Waals surface area contributed by atoms with Crippen LogP contribution in [0.2, 0.25) is 0 Å². The summed E-state index contributed by atoms with van der Waals surface area (Å²) < 4.78 is 36.6. The third-order valence-corrected chi connectivity index (χ3v) is 4.54. The predicted molar refractivity (Wildman–Crippen MR) is 75.0 cm³/mol. The van der Waals surface area contributed by atoms with Crippen molar-refractivity contribution < 1.29 is 22.7 Å². The second-order valence-electron chi connectivity index (χ2n) is 5.12. The van der Waals surface area contributed by atoms with Crippen molar-refractivity contribution in [2.75, 3.05) is 11.4 Å². The summed E-state index contributed by atoms with van der Waals surface area (Å²) in [6.07, 6.45) is 3.53. The molecule has 1 aliphatic rings. The molecule has 0 bridgehead atoms. The number of benzene rings is 1. The first-order valence-electron chi connectivity index (χ1n) is 6.60. The number of carboxylic acid groups (broad SMARTS) is 1. The van der Waals surface area contributed by atoms with E-state index >= 15 is 0 Å². The van der Waals surface area contributed by atoms with Gasteiger partial charge in [-0.1, -0.05) is 12.8 Å². The highest BCUT2D eigenvalue weighted by Gasteiger charge is 2.27. The number of aliphatic carboxylic acids is 1. The minimum atomic E-state index is -3.98. The lowest BCUT2D eigenvalue weighted by Gasteiger charge is -2.30. The zero-order chi connectivity index (χ0) is 15.6. The molecule has 0 spiro atoms. The highest BCUT2D eigenvalue weighted by Crippen LogP contribution is 2.30. The van der Waals surface area contributed by atoms with Gasteiger partial charge in [0.05, 0.1) is 10.6 Å². The van der Waals surface area contributed by atoms with E-state index in [4.69, 9.17) is 10.2 Å². The molecule has 0 amide bonds. The van der Waals surface area contributed by atoms with Crippen molar-refractivity contribution in [2.45, 2.75) is 36.6 Å². The van der Waals surface area contributed by atoms with E-state index < -0.39 is 21.8 Å². The van der Waals surface area contributed by atoms with Crippen LogP contribution in [0.25, 0.3) is 0 Å². The second-order valence-corrected chi connectivity index (χ2v) is 6.68. The maximum atomic E-state index is 14.2. The van der Waals surface area contributed by atoms with Gasteiger partial charge in [-0.05, 0) is 31.0 Å². The lowest BCUT2D eigenvalue weighted by Crippen LogP contribution is -2.38. The Labute approximate surface area is 122 Å². The van der Waals surface area contributed by atoms with Crippen molar-refractivity contribution in [3.8, 4) is 0 Å². The molecule has 1 aromatic rings. The molecular formula is C13H17FN2O4S. The summed E-state index contributed by atoms with van der Waals surface area (Å²) in [6, 6.07) is 3.25. The number of carboxylic acids is 1.